The maximum Gasteiger partial charge on any atom is 0.320 e. The zero-order valence-electron chi connectivity index (χ0n) is 13.9. The lowest BCUT2D eigenvalue weighted by Gasteiger charge is -2.26. The number of ether oxygens (including phenoxy) is 1. The Bertz CT molecular complexity index is 735. The van der Waals surface area contributed by atoms with Gasteiger partial charge in [0, 0.05) is 31.3 Å². The molecule has 25 heavy (non-hydrogen) atoms. The van der Waals surface area contributed by atoms with Gasteiger partial charge >= 0.3 is 6.03 Å². The number of aromatic nitrogens is 1. The standard InChI is InChI=1S/C17H20N4O4/c1-12-10-15(20-25-12)19-17(23)18-11-13-2-4-14(5-3-13)16(22)21-6-8-24-9-7-21/h2-5,10H,6-9,11H2,1H3,(H2,18,19,20,23). The average Bonchev–Trinajstić information content (AvgIpc) is 3.05. The number of amides is 3. The molecule has 0 radical (unpaired) electrons. The lowest BCUT2D eigenvalue weighted by molar-refractivity contribution is 0.0303. The molecule has 8 heteroatoms. The van der Waals surface area contributed by atoms with E-state index in [4.69, 9.17) is 9.26 Å². The molecule has 2 heterocycles. The van der Waals surface area contributed by atoms with Crippen LogP contribution in [-0.4, -0.2) is 48.3 Å². The minimum absolute atomic E-state index is 0.00181. The smallest absolute Gasteiger partial charge is 0.320 e. The monoisotopic (exact) mass is 344 g/mol. The number of carbonyl (C=O) groups is 2. The highest BCUT2D eigenvalue weighted by Crippen LogP contribution is 2.10. The third kappa shape index (κ3) is 4.57. The lowest BCUT2D eigenvalue weighted by Crippen LogP contribution is -2.40. The summed E-state index contributed by atoms with van der Waals surface area (Å²) >= 11 is 0. The van der Waals surface area contributed by atoms with Gasteiger partial charge in [0.05, 0.1) is 13.2 Å². The van der Waals surface area contributed by atoms with Crippen molar-refractivity contribution in [2.75, 3.05) is 31.6 Å². The van der Waals surface area contributed by atoms with Crippen LogP contribution in [0.1, 0.15) is 21.7 Å². The van der Waals surface area contributed by atoms with Crippen molar-refractivity contribution in [1.29, 1.82) is 0 Å². The summed E-state index contributed by atoms with van der Waals surface area (Å²) in [5, 5.41) is 8.99. The van der Waals surface area contributed by atoms with Crippen LogP contribution in [0.4, 0.5) is 10.6 Å². The van der Waals surface area contributed by atoms with Crippen molar-refractivity contribution in [3.63, 3.8) is 0 Å². The number of nitrogens with zero attached hydrogens (tertiary/aromatic N) is 2. The molecule has 3 amide bonds. The zero-order valence-corrected chi connectivity index (χ0v) is 13.9. The van der Waals surface area contributed by atoms with E-state index < -0.39 is 0 Å². The number of anilines is 1. The fraction of sp³-hybridized carbons (Fsp3) is 0.353. The summed E-state index contributed by atoms with van der Waals surface area (Å²) in [5.41, 5.74) is 1.53. The van der Waals surface area contributed by atoms with Crippen molar-refractivity contribution in [3.05, 3.63) is 47.2 Å². The van der Waals surface area contributed by atoms with Gasteiger partial charge in [-0.1, -0.05) is 17.3 Å². The van der Waals surface area contributed by atoms with Gasteiger partial charge < -0.3 is 19.5 Å². The predicted octanol–water partition coefficient (Wildman–Crippen LogP) is 1.78. The number of morpholine rings is 1. The number of aryl methyl sites for hydroxylation is 1. The van der Waals surface area contributed by atoms with Gasteiger partial charge in [-0.25, -0.2) is 4.79 Å². The highest BCUT2D eigenvalue weighted by atomic mass is 16.5. The number of hydrogen-bond acceptors (Lipinski definition) is 5. The molecule has 0 saturated carbocycles. The molecular formula is C17H20N4O4. The number of nitrogens with one attached hydrogen (secondary N) is 2. The molecule has 0 unspecified atom stereocenters. The van der Waals surface area contributed by atoms with Crippen LogP contribution in [-0.2, 0) is 11.3 Å². The first-order valence-electron chi connectivity index (χ1n) is 8.06. The Kier molecular flexibility index (Phi) is 5.30. The van der Waals surface area contributed by atoms with Crippen molar-refractivity contribution >= 4 is 17.8 Å². The van der Waals surface area contributed by atoms with Crippen LogP contribution in [0.5, 0.6) is 0 Å². The molecule has 3 rings (SSSR count). The fourth-order valence-corrected chi connectivity index (χ4v) is 2.48. The van der Waals surface area contributed by atoms with Crippen LogP contribution in [0.2, 0.25) is 0 Å². The molecule has 1 aliphatic heterocycles. The Balaban J connectivity index is 1.50. The number of carbonyl (C=O) groups excluding carboxylic acids is 2. The van der Waals surface area contributed by atoms with E-state index in [2.05, 4.69) is 15.8 Å². The molecule has 0 aliphatic carbocycles. The van der Waals surface area contributed by atoms with Gasteiger partial charge in [0.15, 0.2) is 5.82 Å². The van der Waals surface area contributed by atoms with E-state index in [-0.39, 0.29) is 11.9 Å². The summed E-state index contributed by atoms with van der Waals surface area (Å²) in [5.74, 6) is 0.985. The Labute approximate surface area is 145 Å². The first kappa shape index (κ1) is 17.0. The number of rotatable bonds is 4. The van der Waals surface area contributed by atoms with Gasteiger partial charge in [-0.15, -0.1) is 0 Å². The third-order valence-electron chi connectivity index (χ3n) is 3.82. The zero-order chi connectivity index (χ0) is 17.6. The summed E-state index contributed by atoms with van der Waals surface area (Å²) in [6, 6.07) is 8.46. The van der Waals surface area contributed by atoms with Gasteiger partial charge in [0.25, 0.3) is 5.91 Å². The highest BCUT2D eigenvalue weighted by molar-refractivity contribution is 5.94. The summed E-state index contributed by atoms with van der Waals surface area (Å²) in [6.07, 6.45) is 0. The summed E-state index contributed by atoms with van der Waals surface area (Å²) in [7, 11) is 0. The van der Waals surface area contributed by atoms with E-state index >= 15 is 0 Å². The van der Waals surface area contributed by atoms with Crippen LogP contribution in [0.3, 0.4) is 0 Å². The second kappa shape index (κ2) is 7.80. The number of hydrogen-bond donors (Lipinski definition) is 2. The average molecular weight is 344 g/mol. The third-order valence-corrected chi connectivity index (χ3v) is 3.82. The van der Waals surface area contributed by atoms with Gasteiger partial charge in [-0.05, 0) is 24.6 Å². The fourth-order valence-electron chi connectivity index (χ4n) is 2.48. The van der Waals surface area contributed by atoms with E-state index in [9.17, 15) is 9.59 Å². The largest absolute Gasteiger partial charge is 0.378 e. The van der Waals surface area contributed by atoms with E-state index in [0.29, 0.717) is 50.0 Å². The van der Waals surface area contributed by atoms with Crippen LogP contribution in [0.25, 0.3) is 0 Å². The van der Waals surface area contributed by atoms with Gasteiger partial charge in [0.2, 0.25) is 0 Å². The quantitative estimate of drug-likeness (QED) is 0.881. The van der Waals surface area contributed by atoms with Crippen molar-refractivity contribution in [2.45, 2.75) is 13.5 Å². The summed E-state index contributed by atoms with van der Waals surface area (Å²) < 4.78 is 10.1. The van der Waals surface area contributed by atoms with E-state index in [1.807, 2.05) is 12.1 Å². The molecule has 0 bridgehead atoms. The van der Waals surface area contributed by atoms with E-state index in [1.54, 1.807) is 30.0 Å². The Hall–Kier alpha value is -2.87. The second-order valence-electron chi connectivity index (χ2n) is 5.73. The first-order valence-corrected chi connectivity index (χ1v) is 8.06. The van der Waals surface area contributed by atoms with Crippen LogP contribution >= 0.6 is 0 Å². The van der Waals surface area contributed by atoms with E-state index in [0.717, 1.165) is 5.56 Å². The minimum atomic E-state index is -0.373. The van der Waals surface area contributed by atoms with Crippen molar-refractivity contribution in [2.24, 2.45) is 0 Å². The summed E-state index contributed by atoms with van der Waals surface area (Å²) in [6.45, 7) is 4.47. The topological polar surface area (TPSA) is 96.7 Å². The Morgan fingerprint density at radius 3 is 2.56 bits per heavy atom. The molecule has 132 valence electrons. The van der Waals surface area contributed by atoms with Crippen LogP contribution < -0.4 is 10.6 Å². The number of urea groups is 1. The minimum Gasteiger partial charge on any atom is -0.378 e. The maximum absolute atomic E-state index is 12.4. The molecule has 0 atom stereocenters. The van der Waals surface area contributed by atoms with Gasteiger partial charge in [-0.3, -0.25) is 10.1 Å². The highest BCUT2D eigenvalue weighted by Gasteiger charge is 2.18. The number of benzene rings is 1. The van der Waals surface area contributed by atoms with Gasteiger partial charge in [0.1, 0.15) is 5.76 Å². The molecule has 2 N–H and O–H groups in total. The normalized spacial score (nSPS) is 14.2. The maximum atomic E-state index is 12.4. The second-order valence-corrected chi connectivity index (χ2v) is 5.73. The molecule has 1 saturated heterocycles. The molecule has 0 spiro atoms. The van der Waals surface area contributed by atoms with Crippen molar-refractivity contribution in [1.82, 2.24) is 15.4 Å². The van der Waals surface area contributed by atoms with Crippen molar-refractivity contribution in [3.8, 4) is 0 Å². The van der Waals surface area contributed by atoms with Crippen LogP contribution in [0, 0.1) is 6.92 Å². The summed E-state index contributed by atoms with van der Waals surface area (Å²) in [4.78, 5) is 25.9. The SMILES string of the molecule is Cc1cc(NC(=O)NCc2ccc(C(=O)N3CCOCC3)cc2)no1. The molecule has 1 aliphatic rings. The van der Waals surface area contributed by atoms with Crippen LogP contribution in [0.15, 0.2) is 34.9 Å². The van der Waals surface area contributed by atoms with Crippen molar-refractivity contribution < 1.29 is 18.8 Å². The Morgan fingerprint density at radius 2 is 1.92 bits per heavy atom. The molecular weight excluding hydrogens is 324 g/mol. The molecule has 1 aromatic carbocycles. The Morgan fingerprint density at radius 1 is 1.20 bits per heavy atom. The van der Waals surface area contributed by atoms with E-state index in [1.165, 1.54) is 0 Å². The molecule has 2 aromatic rings. The first-order chi connectivity index (χ1) is 12.1. The molecule has 1 fully saturated rings. The lowest BCUT2D eigenvalue weighted by atomic mass is 10.1. The predicted molar refractivity (Wildman–Crippen MR) is 90.3 cm³/mol. The molecule has 8 nitrogen and oxygen atoms in total. The van der Waals surface area contributed by atoms with Gasteiger partial charge in [-0.2, -0.15) is 0 Å². The molecule has 1 aromatic heterocycles.